The zero-order valence-electron chi connectivity index (χ0n) is 7.05. The second-order valence-corrected chi connectivity index (χ2v) is 2.61. The molecule has 0 amide bonds. The molecule has 0 fully saturated rings. The second kappa shape index (κ2) is 3.97. The molecular formula is C10H6F3N. The van der Waals surface area contributed by atoms with E-state index in [1.165, 1.54) is 24.3 Å². The molecule has 0 heterocycles. The van der Waals surface area contributed by atoms with Crippen LogP contribution in [-0.4, -0.2) is 6.18 Å². The maximum Gasteiger partial charge on any atom is 0.409 e. The number of allylic oxidation sites excluding steroid dienone is 1. The van der Waals surface area contributed by atoms with E-state index in [9.17, 15) is 13.2 Å². The molecule has 0 aliphatic heterocycles. The van der Waals surface area contributed by atoms with E-state index in [4.69, 9.17) is 5.26 Å². The summed E-state index contributed by atoms with van der Waals surface area (Å²) in [5.41, 5.74) is 0.843. The van der Waals surface area contributed by atoms with Crippen molar-refractivity contribution in [2.45, 2.75) is 6.18 Å². The van der Waals surface area contributed by atoms with Crippen molar-refractivity contribution in [1.29, 1.82) is 5.26 Å². The Hall–Kier alpha value is -1.76. The highest BCUT2D eigenvalue weighted by Gasteiger charge is 2.21. The number of hydrogen-bond acceptors (Lipinski definition) is 1. The van der Waals surface area contributed by atoms with E-state index >= 15 is 0 Å². The predicted octanol–water partition coefficient (Wildman–Crippen LogP) is 3.13. The third-order valence-corrected chi connectivity index (χ3v) is 1.50. The molecule has 0 saturated heterocycles. The topological polar surface area (TPSA) is 23.8 Å². The van der Waals surface area contributed by atoms with Gasteiger partial charge in [-0.05, 0) is 17.7 Å². The quantitative estimate of drug-likeness (QED) is 0.678. The van der Waals surface area contributed by atoms with Crippen molar-refractivity contribution in [2.75, 3.05) is 0 Å². The molecule has 72 valence electrons. The molecule has 0 unspecified atom stereocenters. The summed E-state index contributed by atoms with van der Waals surface area (Å²) < 4.78 is 35.2. The van der Waals surface area contributed by atoms with Crippen molar-refractivity contribution < 1.29 is 13.2 Å². The highest BCUT2D eigenvalue weighted by molar-refractivity contribution is 5.51. The van der Waals surface area contributed by atoms with Crippen molar-refractivity contribution in [1.82, 2.24) is 0 Å². The maximum absolute atomic E-state index is 11.7. The lowest BCUT2D eigenvalue weighted by molar-refractivity contribution is -0.0790. The summed E-state index contributed by atoms with van der Waals surface area (Å²) in [6, 6.07) is 7.74. The molecule has 0 N–H and O–H groups in total. The third-order valence-electron chi connectivity index (χ3n) is 1.50. The summed E-state index contributed by atoms with van der Waals surface area (Å²) >= 11 is 0. The minimum absolute atomic E-state index is 0.161. The third kappa shape index (κ3) is 3.31. The SMILES string of the molecule is N#Cc1ccc(C=CC(F)(F)F)cc1. The lowest BCUT2D eigenvalue weighted by Gasteiger charge is -1.97. The van der Waals surface area contributed by atoms with E-state index < -0.39 is 6.18 Å². The smallest absolute Gasteiger partial charge is 0.192 e. The van der Waals surface area contributed by atoms with Crippen molar-refractivity contribution in [3.05, 3.63) is 41.5 Å². The number of nitriles is 1. The van der Waals surface area contributed by atoms with Gasteiger partial charge in [-0.25, -0.2) is 0 Å². The monoisotopic (exact) mass is 197 g/mol. The normalized spacial score (nSPS) is 11.6. The lowest BCUT2D eigenvalue weighted by Crippen LogP contribution is -2.00. The Kier molecular flexibility index (Phi) is 2.92. The Bertz CT molecular complexity index is 368. The highest BCUT2D eigenvalue weighted by Crippen LogP contribution is 2.18. The van der Waals surface area contributed by atoms with Crippen LogP contribution in [0, 0.1) is 11.3 Å². The molecule has 14 heavy (non-hydrogen) atoms. The number of hydrogen-bond donors (Lipinski definition) is 0. The number of halogens is 3. The zero-order chi connectivity index (χ0) is 10.6. The van der Waals surface area contributed by atoms with Gasteiger partial charge in [-0.3, -0.25) is 0 Å². The van der Waals surface area contributed by atoms with Crippen LogP contribution in [0.4, 0.5) is 13.2 Å². The first-order valence-electron chi connectivity index (χ1n) is 3.77. The van der Waals surface area contributed by atoms with E-state index in [1.807, 2.05) is 6.07 Å². The van der Waals surface area contributed by atoms with Gasteiger partial charge in [-0.1, -0.05) is 18.2 Å². The van der Waals surface area contributed by atoms with Crippen LogP contribution in [-0.2, 0) is 0 Å². The molecule has 0 radical (unpaired) electrons. The highest BCUT2D eigenvalue weighted by atomic mass is 19.4. The van der Waals surface area contributed by atoms with Crippen molar-refractivity contribution in [3.8, 4) is 6.07 Å². The van der Waals surface area contributed by atoms with Gasteiger partial charge in [0.15, 0.2) is 0 Å². The summed E-state index contributed by atoms with van der Waals surface area (Å²) in [5.74, 6) is 0. The van der Waals surface area contributed by atoms with Gasteiger partial charge in [0.1, 0.15) is 0 Å². The van der Waals surface area contributed by atoms with E-state index in [2.05, 4.69) is 0 Å². The van der Waals surface area contributed by atoms with E-state index in [0.29, 0.717) is 11.1 Å². The molecule has 0 aliphatic rings. The Labute approximate surface area is 79.1 Å². The van der Waals surface area contributed by atoms with Crippen LogP contribution >= 0.6 is 0 Å². The lowest BCUT2D eigenvalue weighted by atomic mass is 10.1. The summed E-state index contributed by atoms with van der Waals surface area (Å²) in [6.45, 7) is 0. The first-order chi connectivity index (χ1) is 6.51. The Balaban J connectivity index is 2.80. The summed E-state index contributed by atoms with van der Waals surface area (Å²) in [5, 5.41) is 8.44. The average molecular weight is 197 g/mol. The van der Waals surface area contributed by atoms with Gasteiger partial charge in [0.2, 0.25) is 0 Å². The fraction of sp³-hybridized carbons (Fsp3) is 0.100. The molecule has 0 aromatic heterocycles. The van der Waals surface area contributed by atoms with Gasteiger partial charge < -0.3 is 0 Å². The maximum atomic E-state index is 11.7. The van der Waals surface area contributed by atoms with Crippen LogP contribution in [0.25, 0.3) is 6.08 Å². The fourth-order valence-electron chi connectivity index (χ4n) is 0.859. The summed E-state index contributed by atoms with van der Waals surface area (Å²) in [7, 11) is 0. The molecule has 1 rings (SSSR count). The van der Waals surface area contributed by atoms with Crippen LogP contribution in [0.2, 0.25) is 0 Å². The minimum Gasteiger partial charge on any atom is -0.192 e. The molecule has 0 saturated carbocycles. The van der Waals surface area contributed by atoms with Crippen molar-refractivity contribution in [2.24, 2.45) is 0 Å². The van der Waals surface area contributed by atoms with Gasteiger partial charge in [-0.2, -0.15) is 18.4 Å². The molecule has 0 bridgehead atoms. The standard InChI is InChI=1S/C10H6F3N/c11-10(12,13)6-5-8-1-3-9(7-14)4-2-8/h1-6H. The first kappa shape index (κ1) is 10.3. The summed E-state index contributed by atoms with van der Waals surface area (Å²) in [4.78, 5) is 0. The van der Waals surface area contributed by atoms with Crippen molar-refractivity contribution in [3.63, 3.8) is 0 Å². The molecule has 1 nitrogen and oxygen atoms in total. The average Bonchev–Trinajstić information content (AvgIpc) is 2.14. The number of alkyl halides is 3. The predicted molar refractivity (Wildman–Crippen MR) is 46.2 cm³/mol. The van der Waals surface area contributed by atoms with Gasteiger partial charge in [-0.15, -0.1) is 0 Å². The van der Waals surface area contributed by atoms with E-state index in [-0.39, 0.29) is 6.08 Å². The summed E-state index contributed by atoms with van der Waals surface area (Å²) in [6.07, 6.45) is -3.18. The molecule has 1 aromatic rings. The molecule has 4 heteroatoms. The van der Waals surface area contributed by atoms with Gasteiger partial charge >= 0.3 is 6.18 Å². The number of benzene rings is 1. The Morgan fingerprint density at radius 1 is 1.14 bits per heavy atom. The zero-order valence-corrected chi connectivity index (χ0v) is 7.05. The van der Waals surface area contributed by atoms with Crippen molar-refractivity contribution >= 4 is 6.08 Å². The van der Waals surface area contributed by atoms with Crippen LogP contribution in [0.3, 0.4) is 0 Å². The number of nitrogens with zero attached hydrogens (tertiary/aromatic N) is 1. The minimum atomic E-state index is -4.30. The van der Waals surface area contributed by atoms with E-state index in [0.717, 1.165) is 6.08 Å². The van der Waals surface area contributed by atoms with Crippen LogP contribution in [0.1, 0.15) is 11.1 Å². The Morgan fingerprint density at radius 3 is 2.14 bits per heavy atom. The first-order valence-corrected chi connectivity index (χ1v) is 3.77. The molecule has 0 aliphatic carbocycles. The molecule has 1 aromatic carbocycles. The molecule has 0 spiro atoms. The van der Waals surface area contributed by atoms with Gasteiger partial charge in [0.25, 0.3) is 0 Å². The Morgan fingerprint density at radius 2 is 1.71 bits per heavy atom. The fourth-order valence-corrected chi connectivity index (χ4v) is 0.859. The van der Waals surface area contributed by atoms with Gasteiger partial charge in [0, 0.05) is 6.08 Å². The molecule has 0 atom stereocenters. The van der Waals surface area contributed by atoms with Crippen LogP contribution < -0.4 is 0 Å². The van der Waals surface area contributed by atoms with Crippen LogP contribution in [0.5, 0.6) is 0 Å². The number of rotatable bonds is 1. The van der Waals surface area contributed by atoms with Crippen LogP contribution in [0.15, 0.2) is 30.3 Å². The van der Waals surface area contributed by atoms with E-state index in [1.54, 1.807) is 0 Å². The van der Waals surface area contributed by atoms with Gasteiger partial charge in [0.05, 0.1) is 11.6 Å². The second-order valence-electron chi connectivity index (χ2n) is 2.61. The largest absolute Gasteiger partial charge is 0.409 e. The molecular weight excluding hydrogens is 191 g/mol.